The predicted molar refractivity (Wildman–Crippen MR) is 186 cm³/mol. The second-order valence-corrected chi connectivity index (χ2v) is 12.8. The summed E-state index contributed by atoms with van der Waals surface area (Å²) in [4.78, 5) is 62.3. The van der Waals surface area contributed by atoms with Crippen molar-refractivity contribution in [2.24, 2.45) is 5.73 Å². The number of hydrogen-bond donors (Lipinski definition) is 4. The largest absolute Gasteiger partial charge is 0.480 e. The molecule has 0 radical (unpaired) electrons. The van der Waals surface area contributed by atoms with E-state index in [0.29, 0.717) is 13.0 Å². The number of fused-ring (bicyclic) bond motifs is 5. The molecule has 0 saturated carbocycles. The summed E-state index contributed by atoms with van der Waals surface area (Å²) in [5.74, 6) is -2.96. The highest BCUT2D eigenvalue weighted by Gasteiger charge is 2.34. The van der Waals surface area contributed by atoms with Crippen LogP contribution in [0.1, 0.15) is 39.3 Å². The Morgan fingerprint density at radius 1 is 0.667 bits per heavy atom. The topological polar surface area (TPSA) is 180 Å². The van der Waals surface area contributed by atoms with Crippen LogP contribution in [0.25, 0.3) is 11.1 Å². The molecule has 0 saturated heterocycles. The van der Waals surface area contributed by atoms with Crippen molar-refractivity contribution in [2.75, 3.05) is 19.7 Å². The molecule has 7 rings (SSSR count). The number of carbonyl (C=O) groups excluding carboxylic acids is 3. The Morgan fingerprint density at radius 3 is 1.65 bits per heavy atom. The first-order chi connectivity index (χ1) is 24.6. The van der Waals surface area contributed by atoms with Crippen LogP contribution < -0.4 is 11.1 Å². The summed E-state index contributed by atoms with van der Waals surface area (Å²) >= 11 is 0. The van der Waals surface area contributed by atoms with Crippen LogP contribution in [0.5, 0.6) is 0 Å². The van der Waals surface area contributed by atoms with E-state index >= 15 is 0 Å². The molecule has 4 aromatic rings. The van der Waals surface area contributed by atoms with Gasteiger partial charge in [0.25, 0.3) is 0 Å². The van der Waals surface area contributed by atoms with Crippen molar-refractivity contribution in [3.05, 3.63) is 130 Å². The SMILES string of the molecule is NC1Cc2ccccc2CN(CC(=O)O)C1=O.O=C(O)CN1Cc2ccccc2CC(NC(=O)OCC2c3ccccc3-c3ccccc32)C1=O. The average Bonchev–Trinajstić information content (AvgIpc) is 3.30. The number of carboxylic acid groups (broad SMARTS) is 2. The standard InChI is InChI=1S/C27H24N2O5.C12H14N2O3/c30-25(31)15-29-14-18-8-2-1-7-17(18)13-24(26(29)32)28-27(33)34-16-23-21-11-5-3-9-19(21)20-10-4-6-12-22(20)23;13-10-5-8-3-1-2-4-9(8)6-14(12(10)17)7-11(15)16/h1-12,23-24H,13-16H2,(H,28,33)(H,30,31);1-4,10H,5-7,13H2,(H,15,16). The van der Waals surface area contributed by atoms with Gasteiger partial charge in [0.2, 0.25) is 11.8 Å². The van der Waals surface area contributed by atoms with E-state index in [0.717, 1.165) is 44.5 Å². The van der Waals surface area contributed by atoms with E-state index in [1.54, 1.807) is 0 Å². The first-order valence-electron chi connectivity index (χ1n) is 16.6. The Hall–Kier alpha value is -6.01. The van der Waals surface area contributed by atoms with E-state index in [1.165, 1.54) is 9.80 Å². The van der Waals surface area contributed by atoms with Gasteiger partial charge in [0, 0.05) is 25.4 Å². The number of hydrogen-bond acceptors (Lipinski definition) is 7. The molecule has 51 heavy (non-hydrogen) atoms. The highest BCUT2D eigenvalue weighted by Crippen LogP contribution is 2.44. The van der Waals surface area contributed by atoms with Crippen LogP contribution in [0.4, 0.5) is 4.79 Å². The van der Waals surface area contributed by atoms with E-state index in [2.05, 4.69) is 17.4 Å². The third-order valence-electron chi connectivity index (χ3n) is 9.35. The van der Waals surface area contributed by atoms with Crippen molar-refractivity contribution in [1.29, 1.82) is 0 Å². The van der Waals surface area contributed by atoms with Crippen molar-refractivity contribution in [3.8, 4) is 11.1 Å². The average molecular weight is 691 g/mol. The number of nitrogens with zero attached hydrogens (tertiary/aromatic N) is 2. The molecule has 0 bridgehead atoms. The van der Waals surface area contributed by atoms with Gasteiger partial charge >= 0.3 is 18.0 Å². The first kappa shape index (κ1) is 34.8. The monoisotopic (exact) mass is 690 g/mol. The molecular weight excluding hydrogens is 652 g/mol. The number of carboxylic acids is 2. The molecule has 12 nitrogen and oxygen atoms in total. The minimum atomic E-state index is -1.10. The number of carbonyl (C=O) groups is 5. The lowest BCUT2D eigenvalue weighted by Crippen LogP contribution is -2.49. The predicted octanol–water partition coefficient (Wildman–Crippen LogP) is 3.55. The molecule has 2 atom stereocenters. The summed E-state index contributed by atoms with van der Waals surface area (Å²) in [5, 5.41) is 20.7. The summed E-state index contributed by atoms with van der Waals surface area (Å²) in [7, 11) is 0. The second kappa shape index (κ2) is 15.3. The number of aliphatic carboxylic acids is 2. The van der Waals surface area contributed by atoms with Gasteiger partial charge in [-0.3, -0.25) is 19.2 Å². The maximum absolute atomic E-state index is 13.1. The second-order valence-electron chi connectivity index (χ2n) is 12.8. The maximum Gasteiger partial charge on any atom is 0.407 e. The van der Waals surface area contributed by atoms with Crippen LogP contribution in [0.3, 0.4) is 0 Å². The molecule has 1 aliphatic carbocycles. The fourth-order valence-corrected chi connectivity index (χ4v) is 6.96. The van der Waals surface area contributed by atoms with Crippen molar-refractivity contribution in [3.63, 3.8) is 0 Å². The quantitative estimate of drug-likeness (QED) is 0.226. The van der Waals surface area contributed by atoms with Crippen LogP contribution in [0.15, 0.2) is 97.1 Å². The summed E-state index contributed by atoms with van der Waals surface area (Å²) in [6.45, 7) is -0.105. The third kappa shape index (κ3) is 7.92. The Morgan fingerprint density at radius 2 is 1.12 bits per heavy atom. The molecule has 0 spiro atoms. The van der Waals surface area contributed by atoms with Gasteiger partial charge in [-0.25, -0.2) is 4.79 Å². The van der Waals surface area contributed by atoms with Gasteiger partial charge in [0.1, 0.15) is 25.7 Å². The molecule has 2 heterocycles. The molecule has 3 amide bonds. The smallest absolute Gasteiger partial charge is 0.407 e. The zero-order chi connectivity index (χ0) is 36.1. The van der Waals surface area contributed by atoms with Crippen molar-refractivity contribution >= 4 is 29.8 Å². The summed E-state index contributed by atoms with van der Waals surface area (Å²) < 4.78 is 5.60. The lowest BCUT2D eigenvalue weighted by atomic mass is 9.98. The van der Waals surface area contributed by atoms with Crippen LogP contribution in [-0.2, 0) is 49.8 Å². The fourth-order valence-electron chi connectivity index (χ4n) is 6.96. The van der Waals surface area contributed by atoms with Crippen molar-refractivity contribution in [2.45, 2.75) is 43.9 Å². The van der Waals surface area contributed by atoms with E-state index in [1.807, 2.05) is 84.9 Å². The van der Waals surface area contributed by atoms with Crippen LogP contribution in [-0.4, -0.2) is 81.6 Å². The van der Waals surface area contributed by atoms with Gasteiger partial charge in [0.15, 0.2) is 0 Å². The van der Waals surface area contributed by atoms with E-state index in [9.17, 15) is 29.1 Å². The number of rotatable bonds is 7. The molecule has 0 fully saturated rings. The number of benzene rings is 4. The van der Waals surface area contributed by atoms with Crippen molar-refractivity contribution in [1.82, 2.24) is 15.1 Å². The molecule has 3 aliphatic rings. The Kier molecular flexibility index (Phi) is 10.4. The molecule has 262 valence electrons. The first-order valence-corrected chi connectivity index (χ1v) is 16.6. The summed E-state index contributed by atoms with van der Waals surface area (Å²) in [6, 6.07) is 29.6. The minimum Gasteiger partial charge on any atom is -0.480 e. The fraction of sp³-hybridized carbons (Fsp3) is 0.256. The van der Waals surface area contributed by atoms with Gasteiger partial charge in [-0.1, -0.05) is 97.1 Å². The van der Waals surface area contributed by atoms with Gasteiger partial charge in [-0.05, 0) is 50.9 Å². The van der Waals surface area contributed by atoms with E-state index in [-0.39, 0.29) is 37.9 Å². The van der Waals surface area contributed by atoms with Gasteiger partial charge in [0.05, 0.1) is 6.04 Å². The third-order valence-corrected chi connectivity index (χ3v) is 9.35. The number of alkyl carbamates (subject to hydrolysis) is 1. The molecule has 2 unspecified atom stereocenters. The number of nitrogens with one attached hydrogen (secondary N) is 1. The molecule has 5 N–H and O–H groups in total. The van der Waals surface area contributed by atoms with Gasteiger partial charge in [-0.2, -0.15) is 0 Å². The normalized spacial score (nSPS) is 17.7. The van der Waals surface area contributed by atoms with E-state index < -0.39 is 42.6 Å². The van der Waals surface area contributed by atoms with Gasteiger partial charge < -0.3 is 35.8 Å². The van der Waals surface area contributed by atoms with Crippen LogP contribution >= 0.6 is 0 Å². The number of amides is 3. The van der Waals surface area contributed by atoms with Crippen LogP contribution in [0, 0.1) is 0 Å². The molecule has 12 heteroatoms. The highest BCUT2D eigenvalue weighted by molar-refractivity contribution is 5.89. The minimum absolute atomic E-state index is 0.0905. The lowest BCUT2D eigenvalue weighted by molar-refractivity contribution is -0.145. The number of ether oxygens (including phenoxy) is 1. The Bertz CT molecular complexity index is 1930. The Balaban J connectivity index is 0.000000221. The van der Waals surface area contributed by atoms with Crippen LogP contribution in [0.2, 0.25) is 0 Å². The number of nitrogens with two attached hydrogens (primary N) is 1. The zero-order valence-electron chi connectivity index (χ0n) is 27.7. The maximum atomic E-state index is 13.1. The van der Waals surface area contributed by atoms with E-state index in [4.69, 9.17) is 15.6 Å². The van der Waals surface area contributed by atoms with Crippen molar-refractivity contribution < 1.29 is 38.9 Å². The molecule has 4 aromatic carbocycles. The lowest BCUT2D eigenvalue weighted by Gasteiger charge is -2.23. The molecular formula is C39H38N4O8. The molecule has 2 aliphatic heterocycles. The van der Waals surface area contributed by atoms with Gasteiger partial charge in [-0.15, -0.1) is 0 Å². The zero-order valence-corrected chi connectivity index (χ0v) is 27.7. The highest BCUT2D eigenvalue weighted by atomic mass is 16.5. The summed E-state index contributed by atoms with van der Waals surface area (Å²) in [6.07, 6.45) is 0.0374. The Labute approximate surface area is 294 Å². The molecule has 0 aromatic heterocycles. The summed E-state index contributed by atoms with van der Waals surface area (Å²) in [5.41, 5.74) is 14.0.